The van der Waals surface area contributed by atoms with Crippen molar-refractivity contribution in [2.75, 3.05) is 24.4 Å². The van der Waals surface area contributed by atoms with Crippen LogP contribution >= 0.6 is 15.9 Å². The number of hydrogen-bond donors (Lipinski definition) is 2. The van der Waals surface area contributed by atoms with E-state index in [0.29, 0.717) is 16.5 Å². The third-order valence-electron chi connectivity index (χ3n) is 1.79. The first-order chi connectivity index (χ1) is 8.01. The minimum atomic E-state index is -0.228. The Hall–Kier alpha value is -1.14. The normalized spacial score (nSPS) is 10.4. The lowest BCUT2D eigenvalue weighted by atomic mass is 10.3. The maximum atomic E-state index is 11.3. The van der Waals surface area contributed by atoms with E-state index in [1.165, 1.54) is 7.11 Å². The Kier molecular flexibility index (Phi) is 5.37. The summed E-state index contributed by atoms with van der Waals surface area (Å²) < 4.78 is 5.40. The number of halogens is 1. The lowest BCUT2D eigenvalue weighted by Gasteiger charge is -2.12. The van der Waals surface area contributed by atoms with Gasteiger partial charge in [0.1, 0.15) is 17.0 Å². The number of carbonyl (C=O) groups excluding carboxylic acids is 1. The molecule has 0 aliphatic carbocycles. The SMILES string of the molecule is COCC(=O)Nc1cc(NC(C)C)cc(Br)n1. The predicted octanol–water partition coefficient (Wildman–Crippen LogP) is 2.25. The molecule has 0 radical (unpaired) electrons. The van der Waals surface area contributed by atoms with Crippen molar-refractivity contribution >= 4 is 33.3 Å². The highest BCUT2D eigenvalue weighted by molar-refractivity contribution is 9.10. The topological polar surface area (TPSA) is 63.2 Å². The molecule has 5 nitrogen and oxygen atoms in total. The van der Waals surface area contributed by atoms with E-state index in [9.17, 15) is 4.79 Å². The van der Waals surface area contributed by atoms with Gasteiger partial charge in [-0.2, -0.15) is 0 Å². The van der Waals surface area contributed by atoms with E-state index in [1.807, 2.05) is 19.9 Å². The molecule has 1 heterocycles. The second-order valence-corrected chi connectivity index (χ2v) is 4.66. The molecule has 17 heavy (non-hydrogen) atoms. The van der Waals surface area contributed by atoms with Gasteiger partial charge in [0.15, 0.2) is 0 Å². The van der Waals surface area contributed by atoms with Gasteiger partial charge in [-0.15, -0.1) is 0 Å². The number of nitrogens with zero attached hydrogens (tertiary/aromatic N) is 1. The van der Waals surface area contributed by atoms with Crippen LogP contribution in [0.15, 0.2) is 16.7 Å². The minimum Gasteiger partial charge on any atom is -0.383 e. The van der Waals surface area contributed by atoms with E-state index in [-0.39, 0.29) is 12.5 Å². The fourth-order valence-electron chi connectivity index (χ4n) is 1.29. The third kappa shape index (κ3) is 5.14. The van der Waals surface area contributed by atoms with Crippen molar-refractivity contribution in [3.63, 3.8) is 0 Å². The number of ether oxygens (including phenoxy) is 1. The second kappa shape index (κ2) is 6.56. The Morgan fingerprint density at radius 3 is 2.82 bits per heavy atom. The van der Waals surface area contributed by atoms with E-state index in [0.717, 1.165) is 5.69 Å². The first-order valence-corrected chi connectivity index (χ1v) is 6.03. The zero-order valence-electron chi connectivity index (χ0n) is 10.1. The number of pyridine rings is 1. The molecule has 0 saturated carbocycles. The van der Waals surface area contributed by atoms with Crippen LogP contribution in [-0.4, -0.2) is 30.6 Å². The molecule has 0 spiro atoms. The Morgan fingerprint density at radius 2 is 2.24 bits per heavy atom. The molecule has 6 heteroatoms. The Labute approximate surface area is 109 Å². The molecule has 0 unspecified atom stereocenters. The van der Waals surface area contributed by atoms with Gasteiger partial charge in [-0.25, -0.2) is 4.98 Å². The molecule has 0 fully saturated rings. The molecule has 94 valence electrons. The highest BCUT2D eigenvalue weighted by Crippen LogP contribution is 2.19. The number of amides is 1. The molecule has 0 saturated heterocycles. The van der Waals surface area contributed by atoms with E-state index in [4.69, 9.17) is 4.74 Å². The van der Waals surface area contributed by atoms with Crippen molar-refractivity contribution in [2.24, 2.45) is 0 Å². The quantitative estimate of drug-likeness (QED) is 0.819. The summed E-state index contributed by atoms with van der Waals surface area (Å²) in [4.78, 5) is 15.5. The molecule has 0 aromatic carbocycles. The number of anilines is 2. The zero-order valence-corrected chi connectivity index (χ0v) is 11.7. The van der Waals surface area contributed by atoms with Crippen LogP contribution < -0.4 is 10.6 Å². The summed E-state index contributed by atoms with van der Waals surface area (Å²) in [7, 11) is 1.47. The van der Waals surface area contributed by atoms with Crippen LogP contribution in [0.5, 0.6) is 0 Å². The smallest absolute Gasteiger partial charge is 0.251 e. The zero-order chi connectivity index (χ0) is 12.8. The van der Waals surface area contributed by atoms with Gasteiger partial charge in [-0.3, -0.25) is 4.79 Å². The number of hydrogen-bond acceptors (Lipinski definition) is 4. The number of rotatable bonds is 5. The summed E-state index contributed by atoms with van der Waals surface area (Å²) >= 11 is 3.30. The Morgan fingerprint density at radius 1 is 1.53 bits per heavy atom. The van der Waals surface area contributed by atoms with Crippen molar-refractivity contribution < 1.29 is 9.53 Å². The second-order valence-electron chi connectivity index (χ2n) is 3.84. The largest absolute Gasteiger partial charge is 0.383 e. The molecular weight excluding hydrogens is 286 g/mol. The average molecular weight is 302 g/mol. The van der Waals surface area contributed by atoms with Crippen LogP contribution in [0.1, 0.15) is 13.8 Å². The van der Waals surface area contributed by atoms with Gasteiger partial charge in [0.2, 0.25) is 0 Å². The minimum absolute atomic E-state index is 0.0150. The van der Waals surface area contributed by atoms with Gasteiger partial charge in [0.05, 0.1) is 0 Å². The van der Waals surface area contributed by atoms with E-state index >= 15 is 0 Å². The molecule has 0 atom stereocenters. The third-order valence-corrected chi connectivity index (χ3v) is 2.20. The van der Waals surface area contributed by atoms with E-state index < -0.39 is 0 Å². The van der Waals surface area contributed by atoms with Gasteiger partial charge in [-0.05, 0) is 35.8 Å². The van der Waals surface area contributed by atoms with Crippen LogP contribution in [-0.2, 0) is 9.53 Å². The Bertz CT molecular complexity index is 396. The van der Waals surface area contributed by atoms with Gasteiger partial charge in [-0.1, -0.05) is 0 Å². The molecule has 0 bridgehead atoms. The fraction of sp³-hybridized carbons (Fsp3) is 0.455. The van der Waals surface area contributed by atoms with Crippen molar-refractivity contribution in [1.82, 2.24) is 4.98 Å². The molecule has 0 aliphatic heterocycles. The van der Waals surface area contributed by atoms with Crippen molar-refractivity contribution in [1.29, 1.82) is 0 Å². The van der Waals surface area contributed by atoms with Gasteiger partial charge in [0, 0.05) is 24.9 Å². The molecule has 0 aliphatic rings. The monoisotopic (exact) mass is 301 g/mol. The van der Waals surface area contributed by atoms with Crippen molar-refractivity contribution in [3.8, 4) is 0 Å². The summed E-state index contributed by atoms with van der Waals surface area (Å²) in [5.41, 5.74) is 0.898. The molecule has 1 rings (SSSR count). The number of nitrogens with one attached hydrogen (secondary N) is 2. The summed E-state index contributed by atoms with van der Waals surface area (Å²) in [6.07, 6.45) is 0. The summed E-state index contributed by atoms with van der Waals surface area (Å²) in [5, 5.41) is 5.89. The highest BCUT2D eigenvalue weighted by Gasteiger charge is 2.06. The molecule has 1 aromatic heterocycles. The molecule has 2 N–H and O–H groups in total. The molecule has 1 aromatic rings. The van der Waals surface area contributed by atoms with Crippen LogP contribution in [0.3, 0.4) is 0 Å². The number of carbonyl (C=O) groups is 1. The molecule has 1 amide bonds. The lowest BCUT2D eigenvalue weighted by molar-refractivity contribution is -0.119. The summed E-state index contributed by atoms with van der Waals surface area (Å²) in [6, 6.07) is 3.94. The standard InChI is InChI=1S/C11H16BrN3O2/c1-7(2)13-8-4-9(12)14-10(5-8)15-11(16)6-17-3/h4-5,7H,6H2,1-3H3,(H2,13,14,15,16). The summed E-state index contributed by atoms with van der Waals surface area (Å²) in [6.45, 7) is 4.09. The van der Waals surface area contributed by atoms with Crippen LogP contribution in [0.25, 0.3) is 0 Å². The first-order valence-electron chi connectivity index (χ1n) is 5.24. The average Bonchev–Trinajstić information content (AvgIpc) is 2.14. The van der Waals surface area contributed by atoms with Crippen molar-refractivity contribution in [3.05, 3.63) is 16.7 Å². The van der Waals surface area contributed by atoms with Gasteiger partial charge in [0.25, 0.3) is 5.91 Å². The van der Waals surface area contributed by atoms with Crippen LogP contribution in [0.4, 0.5) is 11.5 Å². The van der Waals surface area contributed by atoms with Gasteiger partial charge >= 0.3 is 0 Å². The number of aromatic nitrogens is 1. The maximum Gasteiger partial charge on any atom is 0.251 e. The van der Waals surface area contributed by atoms with Gasteiger partial charge < -0.3 is 15.4 Å². The molecular formula is C11H16BrN3O2. The predicted molar refractivity (Wildman–Crippen MR) is 71.2 cm³/mol. The lowest BCUT2D eigenvalue weighted by Crippen LogP contribution is -2.18. The van der Waals surface area contributed by atoms with Crippen LogP contribution in [0.2, 0.25) is 0 Å². The Balaban J connectivity index is 2.78. The first kappa shape index (κ1) is 13.9. The number of methoxy groups -OCH3 is 1. The highest BCUT2D eigenvalue weighted by atomic mass is 79.9. The van der Waals surface area contributed by atoms with Crippen molar-refractivity contribution in [2.45, 2.75) is 19.9 Å². The fourth-order valence-corrected chi connectivity index (χ4v) is 1.73. The summed E-state index contributed by atoms with van der Waals surface area (Å²) in [5.74, 6) is 0.262. The van der Waals surface area contributed by atoms with Crippen LogP contribution in [0, 0.1) is 0 Å². The van der Waals surface area contributed by atoms with E-state index in [1.54, 1.807) is 6.07 Å². The maximum absolute atomic E-state index is 11.3. The van der Waals surface area contributed by atoms with E-state index in [2.05, 4.69) is 31.5 Å².